The van der Waals surface area contributed by atoms with E-state index in [-0.39, 0.29) is 0 Å². The number of hydrogen-bond acceptors (Lipinski definition) is 2. The summed E-state index contributed by atoms with van der Waals surface area (Å²) in [7, 11) is 0. The molecule has 1 aromatic carbocycles. The molecule has 2 N–H and O–H groups in total. The zero-order valence-electron chi connectivity index (χ0n) is 10.0. The molecule has 0 aliphatic heterocycles. The molecule has 3 heteroatoms. The second kappa shape index (κ2) is 4.34. The molecule has 1 saturated carbocycles. The fourth-order valence-electron chi connectivity index (χ4n) is 2.04. The minimum absolute atomic E-state index is 0.732. The summed E-state index contributed by atoms with van der Waals surface area (Å²) in [6.07, 6.45) is 4.56. The van der Waals surface area contributed by atoms with Gasteiger partial charge in [-0.2, -0.15) is 5.10 Å². The number of rotatable bonds is 4. The van der Waals surface area contributed by atoms with E-state index in [0.29, 0.717) is 0 Å². The molecular weight excluding hydrogens is 210 g/mol. The standard InChI is InChI=1S/C14H17N3/c1-10-3-2-4-11(7-10)14-12(9-16-17-14)8-15-13-5-6-13/h2-4,7,9,13,15H,5-6,8H2,1H3,(H,16,17). The van der Waals surface area contributed by atoms with Crippen LogP contribution in [0.1, 0.15) is 24.0 Å². The fourth-order valence-corrected chi connectivity index (χ4v) is 2.04. The molecule has 88 valence electrons. The van der Waals surface area contributed by atoms with E-state index in [9.17, 15) is 0 Å². The molecule has 0 amide bonds. The Morgan fingerprint density at radius 1 is 1.41 bits per heavy atom. The average molecular weight is 227 g/mol. The zero-order chi connectivity index (χ0) is 11.7. The van der Waals surface area contributed by atoms with E-state index in [1.54, 1.807) is 0 Å². The quantitative estimate of drug-likeness (QED) is 0.843. The average Bonchev–Trinajstić information content (AvgIpc) is 3.04. The van der Waals surface area contributed by atoms with Gasteiger partial charge in [0.1, 0.15) is 0 Å². The number of nitrogens with zero attached hydrogens (tertiary/aromatic N) is 1. The van der Waals surface area contributed by atoms with Crippen molar-refractivity contribution >= 4 is 0 Å². The number of benzene rings is 1. The van der Waals surface area contributed by atoms with Gasteiger partial charge in [0, 0.05) is 23.7 Å². The Balaban J connectivity index is 1.83. The predicted octanol–water partition coefficient (Wildman–Crippen LogP) is 2.64. The number of aromatic amines is 1. The Bertz CT molecular complexity index is 512. The molecule has 0 bridgehead atoms. The number of aromatic nitrogens is 2. The second-order valence-electron chi connectivity index (χ2n) is 4.79. The maximum atomic E-state index is 4.16. The van der Waals surface area contributed by atoms with Crippen LogP contribution in [0.5, 0.6) is 0 Å². The summed E-state index contributed by atoms with van der Waals surface area (Å²) in [6, 6.07) is 9.25. The van der Waals surface area contributed by atoms with Crippen molar-refractivity contribution in [3.63, 3.8) is 0 Å². The topological polar surface area (TPSA) is 40.7 Å². The molecular formula is C14H17N3. The molecule has 2 aromatic rings. The lowest BCUT2D eigenvalue weighted by Gasteiger charge is -2.05. The number of H-pyrrole nitrogens is 1. The third-order valence-corrected chi connectivity index (χ3v) is 3.18. The van der Waals surface area contributed by atoms with E-state index in [0.717, 1.165) is 18.3 Å². The molecule has 3 nitrogen and oxygen atoms in total. The maximum Gasteiger partial charge on any atom is 0.0695 e. The largest absolute Gasteiger partial charge is 0.310 e. The molecule has 0 saturated heterocycles. The maximum absolute atomic E-state index is 4.16. The van der Waals surface area contributed by atoms with Gasteiger partial charge in [0.05, 0.1) is 11.9 Å². The van der Waals surface area contributed by atoms with E-state index < -0.39 is 0 Å². The lowest BCUT2D eigenvalue weighted by molar-refractivity contribution is 0.689. The first-order chi connectivity index (χ1) is 8.33. The van der Waals surface area contributed by atoms with Crippen LogP contribution in [0.3, 0.4) is 0 Å². The number of hydrogen-bond donors (Lipinski definition) is 2. The number of aryl methyl sites for hydroxylation is 1. The zero-order valence-corrected chi connectivity index (χ0v) is 10.0. The van der Waals surface area contributed by atoms with E-state index in [1.807, 2.05) is 6.20 Å². The summed E-state index contributed by atoms with van der Waals surface area (Å²) in [6.45, 7) is 3.02. The molecule has 1 aromatic heterocycles. The molecule has 1 fully saturated rings. The lowest BCUT2D eigenvalue weighted by atomic mass is 10.1. The van der Waals surface area contributed by atoms with Crippen LogP contribution in [0.2, 0.25) is 0 Å². The molecule has 0 unspecified atom stereocenters. The lowest BCUT2D eigenvalue weighted by Crippen LogP contribution is -2.15. The third kappa shape index (κ3) is 2.39. The first kappa shape index (κ1) is 10.5. The van der Waals surface area contributed by atoms with Gasteiger partial charge in [-0.05, 0) is 25.8 Å². The highest BCUT2D eigenvalue weighted by Crippen LogP contribution is 2.24. The monoisotopic (exact) mass is 227 g/mol. The van der Waals surface area contributed by atoms with Crippen LogP contribution in [0, 0.1) is 6.92 Å². The van der Waals surface area contributed by atoms with Crippen molar-refractivity contribution in [1.29, 1.82) is 0 Å². The summed E-state index contributed by atoms with van der Waals surface area (Å²) in [5.74, 6) is 0. The molecule has 17 heavy (non-hydrogen) atoms. The van der Waals surface area contributed by atoms with Gasteiger partial charge in [0.25, 0.3) is 0 Å². The van der Waals surface area contributed by atoms with E-state index in [4.69, 9.17) is 0 Å². The van der Waals surface area contributed by atoms with E-state index in [1.165, 1.54) is 29.5 Å². The summed E-state index contributed by atoms with van der Waals surface area (Å²) < 4.78 is 0. The van der Waals surface area contributed by atoms with Crippen LogP contribution >= 0.6 is 0 Å². The minimum Gasteiger partial charge on any atom is -0.310 e. The highest BCUT2D eigenvalue weighted by Gasteiger charge is 2.20. The summed E-state index contributed by atoms with van der Waals surface area (Å²) in [5, 5.41) is 10.8. The van der Waals surface area contributed by atoms with Gasteiger partial charge in [-0.1, -0.05) is 23.8 Å². The van der Waals surface area contributed by atoms with Gasteiger partial charge >= 0.3 is 0 Å². The van der Waals surface area contributed by atoms with Crippen LogP contribution in [-0.2, 0) is 6.54 Å². The van der Waals surface area contributed by atoms with Crippen molar-refractivity contribution in [3.8, 4) is 11.3 Å². The van der Waals surface area contributed by atoms with Crippen molar-refractivity contribution in [2.75, 3.05) is 0 Å². The van der Waals surface area contributed by atoms with Gasteiger partial charge in [-0.25, -0.2) is 0 Å². The highest BCUT2D eigenvalue weighted by atomic mass is 15.1. The molecule has 0 spiro atoms. The van der Waals surface area contributed by atoms with Gasteiger partial charge in [0.2, 0.25) is 0 Å². The fraction of sp³-hybridized carbons (Fsp3) is 0.357. The molecule has 1 heterocycles. The van der Waals surface area contributed by atoms with Crippen LogP contribution in [0.15, 0.2) is 30.5 Å². The SMILES string of the molecule is Cc1cccc(-c2[nH]ncc2CNC2CC2)c1. The van der Waals surface area contributed by atoms with Gasteiger partial charge < -0.3 is 5.32 Å². The normalized spacial score (nSPS) is 15.1. The van der Waals surface area contributed by atoms with E-state index >= 15 is 0 Å². The Hall–Kier alpha value is -1.61. The van der Waals surface area contributed by atoms with Crippen LogP contribution in [0.25, 0.3) is 11.3 Å². The van der Waals surface area contributed by atoms with Crippen molar-refractivity contribution < 1.29 is 0 Å². The van der Waals surface area contributed by atoms with Gasteiger partial charge in [0.15, 0.2) is 0 Å². The van der Waals surface area contributed by atoms with Crippen molar-refractivity contribution in [1.82, 2.24) is 15.5 Å². The van der Waals surface area contributed by atoms with Crippen LogP contribution < -0.4 is 5.32 Å². The minimum atomic E-state index is 0.732. The predicted molar refractivity (Wildman–Crippen MR) is 68.6 cm³/mol. The molecule has 0 radical (unpaired) electrons. The summed E-state index contributed by atoms with van der Waals surface area (Å²) >= 11 is 0. The summed E-state index contributed by atoms with van der Waals surface area (Å²) in [5.41, 5.74) is 4.89. The van der Waals surface area contributed by atoms with E-state index in [2.05, 4.69) is 46.7 Å². The smallest absolute Gasteiger partial charge is 0.0695 e. The molecule has 1 aliphatic carbocycles. The van der Waals surface area contributed by atoms with Crippen LogP contribution in [-0.4, -0.2) is 16.2 Å². The van der Waals surface area contributed by atoms with Crippen molar-refractivity contribution in [2.24, 2.45) is 0 Å². The van der Waals surface area contributed by atoms with Gasteiger partial charge in [-0.15, -0.1) is 0 Å². The van der Waals surface area contributed by atoms with Crippen LogP contribution in [0.4, 0.5) is 0 Å². The second-order valence-corrected chi connectivity index (χ2v) is 4.79. The Kier molecular flexibility index (Phi) is 2.69. The Morgan fingerprint density at radius 2 is 2.29 bits per heavy atom. The molecule has 3 rings (SSSR count). The highest BCUT2D eigenvalue weighted by molar-refractivity contribution is 5.63. The Morgan fingerprint density at radius 3 is 3.06 bits per heavy atom. The molecule has 1 aliphatic rings. The van der Waals surface area contributed by atoms with Gasteiger partial charge in [-0.3, -0.25) is 5.10 Å². The third-order valence-electron chi connectivity index (χ3n) is 3.18. The first-order valence-electron chi connectivity index (χ1n) is 6.15. The van der Waals surface area contributed by atoms with Crippen molar-refractivity contribution in [3.05, 3.63) is 41.6 Å². The Labute approximate surface area is 101 Å². The molecule has 0 atom stereocenters. The van der Waals surface area contributed by atoms with Crippen molar-refractivity contribution in [2.45, 2.75) is 32.4 Å². The number of nitrogens with one attached hydrogen (secondary N) is 2. The first-order valence-corrected chi connectivity index (χ1v) is 6.15. The summed E-state index contributed by atoms with van der Waals surface area (Å²) in [4.78, 5) is 0.